The summed E-state index contributed by atoms with van der Waals surface area (Å²) in [6.07, 6.45) is 3.49. The van der Waals surface area contributed by atoms with Crippen LogP contribution in [0.1, 0.15) is 74.0 Å². The molecule has 0 bridgehead atoms. The van der Waals surface area contributed by atoms with Gasteiger partial charge >= 0.3 is 0 Å². The molecule has 6 heteroatoms. The third kappa shape index (κ3) is 4.36. The standard InChI is InChI=1S/C30H37N3O3/c1-20-15-25(16-21(2)26(20)17-31)36-30(6)19-29(5,28(30,3)4)32-27(35)23-7-9-24(10-8-23)33-13-11-22(18-34)12-14-33/h7-10,15-16,18,22H,11-14,19H2,1-6H3,(H,32,35). The van der Waals surface area contributed by atoms with E-state index < -0.39 is 11.1 Å². The van der Waals surface area contributed by atoms with Gasteiger partial charge in [0, 0.05) is 42.1 Å². The fourth-order valence-corrected chi connectivity index (χ4v) is 5.82. The van der Waals surface area contributed by atoms with Crippen LogP contribution in [0.25, 0.3) is 0 Å². The first-order valence-electron chi connectivity index (χ1n) is 12.8. The van der Waals surface area contributed by atoms with Crippen LogP contribution in [0, 0.1) is 36.5 Å². The van der Waals surface area contributed by atoms with Crippen LogP contribution in [-0.4, -0.2) is 36.4 Å². The molecule has 2 atom stereocenters. The molecule has 0 aromatic heterocycles. The van der Waals surface area contributed by atoms with Crippen molar-refractivity contribution in [2.75, 3.05) is 18.0 Å². The Kier molecular flexibility index (Phi) is 6.64. The number of aryl methyl sites for hydroxylation is 2. The SMILES string of the molecule is Cc1cc(OC2(C)CC(C)(NC(=O)c3ccc(N4CCC(C=O)CC4)cc3)C2(C)C)cc(C)c1C#N. The number of piperidine rings is 1. The monoisotopic (exact) mass is 487 g/mol. The largest absolute Gasteiger partial charge is 0.487 e. The summed E-state index contributed by atoms with van der Waals surface area (Å²) >= 11 is 0. The lowest BCUT2D eigenvalue weighted by Gasteiger charge is -2.65. The molecule has 4 rings (SSSR count). The quantitative estimate of drug-likeness (QED) is 0.556. The van der Waals surface area contributed by atoms with Crippen LogP contribution in [-0.2, 0) is 4.79 Å². The number of benzene rings is 2. The molecule has 2 aromatic rings. The highest BCUT2D eigenvalue weighted by molar-refractivity contribution is 5.95. The number of nitrogens with one attached hydrogen (secondary N) is 1. The minimum atomic E-state index is -0.473. The van der Waals surface area contributed by atoms with Crippen LogP contribution in [0.3, 0.4) is 0 Å². The number of nitriles is 1. The highest BCUT2D eigenvalue weighted by Gasteiger charge is 2.67. The lowest BCUT2D eigenvalue weighted by Crippen LogP contribution is -2.77. The Balaban J connectivity index is 1.42. The van der Waals surface area contributed by atoms with Crippen molar-refractivity contribution >= 4 is 17.9 Å². The summed E-state index contributed by atoms with van der Waals surface area (Å²) in [5.74, 6) is 0.821. The average molecular weight is 488 g/mol. The van der Waals surface area contributed by atoms with Gasteiger partial charge in [-0.05, 0) is 88.1 Å². The zero-order valence-electron chi connectivity index (χ0n) is 22.3. The molecule has 1 heterocycles. The van der Waals surface area contributed by atoms with Gasteiger partial charge < -0.3 is 19.7 Å². The maximum absolute atomic E-state index is 13.2. The molecule has 0 radical (unpaired) electrons. The van der Waals surface area contributed by atoms with Crippen molar-refractivity contribution in [2.24, 2.45) is 11.3 Å². The van der Waals surface area contributed by atoms with Crippen LogP contribution in [0.2, 0.25) is 0 Å². The Bertz CT molecular complexity index is 1180. The van der Waals surface area contributed by atoms with Gasteiger partial charge in [0.05, 0.1) is 17.2 Å². The number of aldehydes is 1. The lowest BCUT2D eigenvalue weighted by molar-refractivity contribution is -0.180. The lowest BCUT2D eigenvalue weighted by atomic mass is 9.48. The second-order valence-corrected chi connectivity index (χ2v) is 11.5. The molecule has 0 spiro atoms. The van der Waals surface area contributed by atoms with E-state index in [1.54, 1.807) is 0 Å². The number of carbonyl (C=O) groups is 2. The Morgan fingerprint density at radius 3 is 2.17 bits per heavy atom. The molecule has 1 N–H and O–H groups in total. The summed E-state index contributed by atoms with van der Waals surface area (Å²) < 4.78 is 6.51. The number of ether oxygens (including phenoxy) is 1. The van der Waals surface area contributed by atoms with Gasteiger partial charge in [-0.15, -0.1) is 0 Å². The van der Waals surface area contributed by atoms with Crippen molar-refractivity contribution in [2.45, 2.75) is 71.9 Å². The molecule has 190 valence electrons. The number of amides is 1. The third-order valence-electron chi connectivity index (χ3n) is 8.97. The molecule has 1 amide bonds. The van der Waals surface area contributed by atoms with Crippen LogP contribution in [0.4, 0.5) is 5.69 Å². The molecule has 2 fully saturated rings. The van der Waals surface area contributed by atoms with Crippen LogP contribution < -0.4 is 15.0 Å². The van der Waals surface area contributed by atoms with E-state index in [4.69, 9.17) is 4.74 Å². The van der Waals surface area contributed by atoms with Crippen LogP contribution in [0.5, 0.6) is 5.75 Å². The minimum Gasteiger partial charge on any atom is -0.487 e. The maximum Gasteiger partial charge on any atom is 0.251 e. The molecule has 1 saturated carbocycles. The van der Waals surface area contributed by atoms with Crippen molar-refractivity contribution in [3.63, 3.8) is 0 Å². The van der Waals surface area contributed by atoms with Gasteiger partial charge in [-0.3, -0.25) is 4.79 Å². The predicted molar refractivity (Wildman–Crippen MR) is 141 cm³/mol. The van der Waals surface area contributed by atoms with Crippen LogP contribution in [0.15, 0.2) is 36.4 Å². The number of hydrogen-bond donors (Lipinski definition) is 1. The highest BCUT2D eigenvalue weighted by Crippen LogP contribution is 2.58. The zero-order valence-corrected chi connectivity index (χ0v) is 22.3. The Hall–Kier alpha value is -3.33. The fraction of sp³-hybridized carbons (Fsp3) is 0.500. The Morgan fingerprint density at radius 2 is 1.67 bits per heavy atom. The van der Waals surface area contributed by atoms with Crippen LogP contribution >= 0.6 is 0 Å². The third-order valence-corrected chi connectivity index (χ3v) is 8.97. The number of carbonyl (C=O) groups excluding carboxylic acids is 2. The van der Waals surface area contributed by atoms with Gasteiger partial charge in [0.25, 0.3) is 5.91 Å². The average Bonchev–Trinajstić information content (AvgIpc) is 2.83. The Morgan fingerprint density at radius 1 is 1.08 bits per heavy atom. The molecule has 36 heavy (non-hydrogen) atoms. The fourth-order valence-electron chi connectivity index (χ4n) is 5.82. The molecule has 6 nitrogen and oxygen atoms in total. The summed E-state index contributed by atoms with van der Waals surface area (Å²) in [5, 5.41) is 12.6. The molecule has 2 aliphatic rings. The topological polar surface area (TPSA) is 82.4 Å². The maximum atomic E-state index is 13.2. The summed E-state index contributed by atoms with van der Waals surface area (Å²) in [4.78, 5) is 26.5. The van der Waals surface area contributed by atoms with Gasteiger partial charge in [0.1, 0.15) is 17.6 Å². The van der Waals surface area contributed by atoms with Gasteiger partial charge in [0.2, 0.25) is 0 Å². The van der Waals surface area contributed by atoms with Crippen molar-refractivity contribution in [3.05, 3.63) is 58.7 Å². The van der Waals surface area contributed by atoms with Crippen molar-refractivity contribution in [1.82, 2.24) is 5.32 Å². The smallest absolute Gasteiger partial charge is 0.251 e. The molecular weight excluding hydrogens is 450 g/mol. The van der Waals surface area contributed by atoms with E-state index in [0.717, 1.165) is 54.8 Å². The summed E-state index contributed by atoms with van der Waals surface area (Å²) in [6.45, 7) is 14.0. The molecule has 1 aliphatic carbocycles. The van der Waals surface area contributed by atoms with E-state index in [2.05, 4.69) is 44.0 Å². The van der Waals surface area contributed by atoms with Gasteiger partial charge in [-0.25, -0.2) is 0 Å². The van der Waals surface area contributed by atoms with Crippen molar-refractivity contribution in [3.8, 4) is 11.8 Å². The molecular formula is C30H37N3O3. The van der Waals surface area contributed by atoms with E-state index >= 15 is 0 Å². The molecule has 1 aliphatic heterocycles. The van der Waals surface area contributed by atoms with Crippen molar-refractivity contribution < 1.29 is 14.3 Å². The van der Waals surface area contributed by atoms with E-state index in [1.807, 2.05) is 50.2 Å². The second kappa shape index (κ2) is 9.28. The van der Waals surface area contributed by atoms with E-state index in [1.165, 1.54) is 0 Å². The number of rotatable bonds is 6. The summed E-state index contributed by atoms with van der Waals surface area (Å²) in [6, 6.07) is 13.8. The number of hydrogen-bond acceptors (Lipinski definition) is 5. The summed E-state index contributed by atoms with van der Waals surface area (Å²) in [5.41, 5.74) is 2.96. The number of nitrogens with zero attached hydrogens (tertiary/aromatic N) is 2. The minimum absolute atomic E-state index is 0.0936. The van der Waals surface area contributed by atoms with E-state index in [9.17, 15) is 14.9 Å². The molecule has 2 aromatic carbocycles. The first-order chi connectivity index (χ1) is 16.9. The van der Waals surface area contributed by atoms with Gasteiger partial charge in [-0.2, -0.15) is 5.26 Å². The van der Waals surface area contributed by atoms with E-state index in [-0.39, 0.29) is 17.2 Å². The second-order valence-electron chi connectivity index (χ2n) is 11.5. The predicted octanol–water partition coefficient (Wildman–Crippen LogP) is 5.35. The zero-order chi connectivity index (χ0) is 26.3. The molecule has 2 unspecified atom stereocenters. The first-order valence-corrected chi connectivity index (χ1v) is 12.8. The first kappa shape index (κ1) is 25.8. The Labute approximate surface area is 214 Å². The molecule has 1 saturated heterocycles. The van der Waals surface area contributed by atoms with Gasteiger partial charge in [0.15, 0.2) is 0 Å². The van der Waals surface area contributed by atoms with E-state index in [0.29, 0.717) is 17.5 Å². The highest BCUT2D eigenvalue weighted by atomic mass is 16.5. The summed E-state index contributed by atoms with van der Waals surface area (Å²) in [7, 11) is 0. The number of anilines is 1. The van der Waals surface area contributed by atoms with Crippen molar-refractivity contribution in [1.29, 1.82) is 5.26 Å². The van der Waals surface area contributed by atoms with Gasteiger partial charge in [-0.1, -0.05) is 13.8 Å². The normalized spacial score (nSPS) is 25.4.